The number of anilines is 1. The van der Waals surface area contributed by atoms with Crippen molar-refractivity contribution in [2.45, 2.75) is 6.92 Å². The first-order valence-corrected chi connectivity index (χ1v) is 9.59. The van der Waals surface area contributed by atoms with Gasteiger partial charge in [0, 0.05) is 30.7 Å². The average molecular weight is 419 g/mol. The second kappa shape index (κ2) is 8.94. The van der Waals surface area contributed by atoms with Crippen LogP contribution in [0.15, 0.2) is 53.0 Å². The Labute approximate surface area is 162 Å². The van der Waals surface area contributed by atoms with Crippen molar-refractivity contribution in [1.82, 2.24) is 4.90 Å². The fraction of sp³-hybridized carbons (Fsp3) is 0.350. The maximum atomic E-state index is 12.4. The summed E-state index contributed by atoms with van der Waals surface area (Å²) in [5.41, 5.74) is 1.09. The topological polar surface area (TPSA) is 42.0 Å². The minimum atomic E-state index is 0.0191. The fourth-order valence-electron chi connectivity index (χ4n) is 2.96. The number of nitrogens with zero attached hydrogens (tertiary/aromatic N) is 2. The number of ether oxygens (including phenoxy) is 2. The quantitative estimate of drug-likeness (QED) is 0.718. The van der Waals surface area contributed by atoms with E-state index in [0.29, 0.717) is 25.4 Å². The molecule has 1 heterocycles. The van der Waals surface area contributed by atoms with Gasteiger partial charge >= 0.3 is 0 Å². The molecule has 6 heteroatoms. The molecule has 0 N–H and O–H groups in total. The smallest absolute Gasteiger partial charge is 0.260 e. The molecule has 26 heavy (non-hydrogen) atoms. The third-order valence-electron chi connectivity index (χ3n) is 4.31. The summed E-state index contributed by atoms with van der Waals surface area (Å²) in [6.07, 6.45) is 0. The molecule has 0 aromatic heterocycles. The summed E-state index contributed by atoms with van der Waals surface area (Å²) in [6, 6.07) is 15.5. The zero-order valence-electron chi connectivity index (χ0n) is 14.9. The minimum absolute atomic E-state index is 0.0191. The van der Waals surface area contributed by atoms with E-state index in [1.807, 2.05) is 54.3 Å². The summed E-state index contributed by atoms with van der Waals surface area (Å²) in [4.78, 5) is 16.5. The van der Waals surface area contributed by atoms with Gasteiger partial charge in [0.25, 0.3) is 5.91 Å². The van der Waals surface area contributed by atoms with Crippen LogP contribution in [0.3, 0.4) is 0 Å². The second-order valence-electron chi connectivity index (χ2n) is 6.01. The first kappa shape index (κ1) is 18.6. The number of para-hydroxylation sites is 2. The molecule has 0 atom stereocenters. The molecule has 1 aliphatic rings. The lowest BCUT2D eigenvalue weighted by atomic mass is 10.2. The molecule has 1 aliphatic heterocycles. The molecule has 138 valence electrons. The highest BCUT2D eigenvalue weighted by atomic mass is 79.9. The summed E-state index contributed by atoms with van der Waals surface area (Å²) >= 11 is 3.38. The Morgan fingerprint density at radius 3 is 2.38 bits per heavy atom. The van der Waals surface area contributed by atoms with Gasteiger partial charge in [-0.25, -0.2) is 0 Å². The molecule has 1 saturated heterocycles. The van der Waals surface area contributed by atoms with Crippen molar-refractivity contribution >= 4 is 27.5 Å². The van der Waals surface area contributed by atoms with Gasteiger partial charge in [-0.1, -0.05) is 28.1 Å². The van der Waals surface area contributed by atoms with Crippen LogP contribution in [0.2, 0.25) is 0 Å². The molecular weight excluding hydrogens is 396 g/mol. The van der Waals surface area contributed by atoms with E-state index >= 15 is 0 Å². The first-order chi connectivity index (χ1) is 12.7. The molecule has 0 radical (unpaired) electrons. The van der Waals surface area contributed by atoms with Crippen LogP contribution in [-0.4, -0.2) is 50.2 Å². The number of hydrogen-bond acceptors (Lipinski definition) is 4. The number of carbonyl (C=O) groups excluding carboxylic acids is 1. The molecule has 0 bridgehead atoms. The molecule has 0 aliphatic carbocycles. The van der Waals surface area contributed by atoms with Crippen LogP contribution in [0, 0.1) is 0 Å². The van der Waals surface area contributed by atoms with Crippen molar-refractivity contribution in [1.29, 1.82) is 0 Å². The van der Waals surface area contributed by atoms with Crippen LogP contribution in [0.4, 0.5) is 5.69 Å². The van der Waals surface area contributed by atoms with Crippen molar-refractivity contribution in [2.75, 3.05) is 44.3 Å². The lowest BCUT2D eigenvalue weighted by Gasteiger charge is -2.36. The molecule has 1 amide bonds. The highest BCUT2D eigenvalue weighted by molar-refractivity contribution is 9.10. The van der Waals surface area contributed by atoms with Gasteiger partial charge in [-0.05, 0) is 43.3 Å². The van der Waals surface area contributed by atoms with Crippen molar-refractivity contribution in [2.24, 2.45) is 0 Å². The molecule has 0 unspecified atom stereocenters. The van der Waals surface area contributed by atoms with Crippen molar-refractivity contribution in [3.63, 3.8) is 0 Å². The van der Waals surface area contributed by atoms with Crippen LogP contribution in [0.25, 0.3) is 0 Å². The summed E-state index contributed by atoms with van der Waals surface area (Å²) in [5.74, 6) is 1.62. The maximum absolute atomic E-state index is 12.4. The van der Waals surface area contributed by atoms with Gasteiger partial charge in [0.1, 0.15) is 11.5 Å². The predicted molar refractivity (Wildman–Crippen MR) is 106 cm³/mol. The Morgan fingerprint density at radius 2 is 1.69 bits per heavy atom. The average Bonchev–Trinajstić information content (AvgIpc) is 2.68. The van der Waals surface area contributed by atoms with E-state index in [0.717, 1.165) is 29.0 Å². The molecule has 2 aromatic carbocycles. The standard InChI is InChI=1S/C20H23BrN2O3/c1-2-25-19-6-4-3-5-18(19)22-11-13-23(14-12-22)20(24)15-26-17-9-7-16(21)8-10-17/h3-10H,2,11-15H2,1H3. The summed E-state index contributed by atoms with van der Waals surface area (Å²) in [7, 11) is 0. The SMILES string of the molecule is CCOc1ccccc1N1CCN(C(=O)COc2ccc(Br)cc2)CC1. The minimum Gasteiger partial charge on any atom is -0.492 e. The molecule has 2 aromatic rings. The molecule has 5 nitrogen and oxygen atoms in total. The van der Waals surface area contributed by atoms with Gasteiger partial charge in [0.2, 0.25) is 0 Å². The van der Waals surface area contributed by atoms with Crippen molar-refractivity contribution in [3.05, 3.63) is 53.0 Å². The van der Waals surface area contributed by atoms with Crippen LogP contribution >= 0.6 is 15.9 Å². The molecule has 0 spiro atoms. The van der Waals surface area contributed by atoms with Gasteiger partial charge < -0.3 is 19.3 Å². The summed E-state index contributed by atoms with van der Waals surface area (Å²) in [6.45, 7) is 5.63. The monoisotopic (exact) mass is 418 g/mol. The number of benzene rings is 2. The van der Waals surface area contributed by atoms with Gasteiger partial charge in [0.15, 0.2) is 6.61 Å². The zero-order chi connectivity index (χ0) is 18.4. The second-order valence-corrected chi connectivity index (χ2v) is 6.93. The number of piperazine rings is 1. The van der Waals surface area contributed by atoms with E-state index in [1.165, 1.54) is 0 Å². The van der Waals surface area contributed by atoms with Crippen LogP contribution in [0.1, 0.15) is 6.92 Å². The van der Waals surface area contributed by atoms with Gasteiger partial charge in [-0.3, -0.25) is 4.79 Å². The number of hydrogen-bond donors (Lipinski definition) is 0. The third kappa shape index (κ3) is 4.69. The van der Waals surface area contributed by atoms with E-state index in [4.69, 9.17) is 9.47 Å². The first-order valence-electron chi connectivity index (χ1n) is 8.80. The molecular formula is C20H23BrN2O3. The van der Waals surface area contributed by atoms with E-state index in [-0.39, 0.29) is 12.5 Å². The fourth-order valence-corrected chi connectivity index (χ4v) is 3.22. The van der Waals surface area contributed by atoms with E-state index in [9.17, 15) is 4.79 Å². The van der Waals surface area contributed by atoms with Crippen LogP contribution in [-0.2, 0) is 4.79 Å². The Morgan fingerprint density at radius 1 is 1.00 bits per heavy atom. The van der Waals surface area contributed by atoms with Gasteiger partial charge in [0.05, 0.1) is 12.3 Å². The van der Waals surface area contributed by atoms with E-state index < -0.39 is 0 Å². The van der Waals surface area contributed by atoms with Crippen LogP contribution in [0.5, 0.6) is 11.5 Å². The van der Waals surface area contributed by atoms with Crippen molar-refractivity contribution < 1.29 is 14.3 Å². The van der Waals surface area contributed by atoms with Crippen molar-refractivity contribution in [3.8, 4) is 11.5 Å². The predicted octanol–water partition coefficient (Wildman–Crippen LogP) is 3.58. The lowest BCUT2D eigenvalue weighted by Crippen LogP contribution is -2.50. The third-order valence-corrected chi connectivity index (χ3v) is 4.84. The Bertz CT molecular complexity index is 728. The lowest BCUT2D eigenvalue weighted by molar-refractivity contribution is -0.133. The molecule has 1 fully saturated rings. The van der Waals surface area contributed by atoms with Crippen LogP contribution < -0.4 is 14.4 Å². The number of amides is 1. The Kier molecular flexibility index (Phi) is 6.39. The van der Waals surface area contributed by atoms with E-state index in [1.54, 1.807) is 0 Å². The Hall–Kier alpha value is -2.21. The molecule has 3 rings (SSSR count). The summed E-state index contributed by atoms with van der Waals surface area (Å²) < 4.78 is 12.3. The Balaban J connectivity index is 1.51. The van der Waals surface area contributed by atoms with Gasteiger partial charge in [-0.15, -0.1) is 0 Å². The van der Waals surface area contributed by atoms with E-state index in [2.05, 4.69) is 26.9 Å². The summed E-state index contributed by atoms with van der Waals surface area (Å²) in [5, 5.41) is 0. The highest BCUT2D eigenvalue weighted by Gasteiger charge is 2.23. The maximum Gasteiger partial charge on any atom is 0.260 e. The number of halogens is 1. The molecule has 0 saturated carbocycles. The van der Waals surface area contributed by atoms with Gasteiger partial charge in [-0.2, -0.15) is 0 Å². The normalized spacial score (nSPS) is 14.2. The largest absolute Gasteiger partial charge is 0.492 e. The zero-order valence-corrected chi connectivity index (χ0v) is 16.4. The number of rotatable bonds is 6. The highest BCUT2D eigenvalue weighted by Crippen LogP contribution is 2.28. The number of carbonyl (C=O) groups is 1.